The molecule has 0 unspecified atom stereocenters. The van der Waals surface area contributed by atoms with Crippen LogP contribution in [0, 0.1) is 0 Å². The van der Waals surface area contributed by atoms with Crippen LogP contribution < -0.4 is 5.73 Å². The Bertz CT molecular complexity index is 212. The first-order valence-corrected chi connectivity index (χ1v) is 6.14. The minimum Gasteiger partial charge on any atom is -0.480 e. The molecule has 3 heteroatoms. The molecule has 0 radical (unpaired) electrons. The van der Waals surface area contributed by atoms with Crippen LogP contribution >= 0.6 is 0 Å². The molecule has 94 valence electrons. The number of aliphatic carboxylic acids is 1. The number of allylic oxidation sites excluding steroid dienone is 1. The van der Waals surface area contributed by atoms with Crippen molar-refractivity contribution in [3.63, 3.8) is 0 Å². The topological polar surface area (TPSA) is 63.3 Å². The first-order chi connectivity index (χ1) is 7.50. The van der Waals surface area contributed by atoms with E-state index in [1.807, 2.05) is 6.08 Å². The normalized spacial score (nSPS) is 14.4. The Hall–Kier alpha value is -0.830. The third-order valence-corrected chi connectivity index (χ3v) is 2.84. The maximum absolute atomic E-state index is 10.7. The molecule has 3 nitrogen and oxygen atoms in total. The lowest BCUT2D eigenvalue weighted by Gasteiger charge is -2.18. The molecule has 0 aromatic heterocycles. The van der Waals surface area contributed by atoms with Crippen molar-refractivity contribution >= 4 is 5.97 Å². The Kier molecular flexibility index (Phi) is 7.90. The first kappa shape index (κ1) is 15.2. The van der Waals surface area contributed by atoms with Crippen LogP contribution in [0.2, 0.25) is 0 Å². The Labute approximate surface area is 98.7 Å². The summed E-state index contributed by atoms with van der Waals surface area (Å²) in [6, 6.07) is 0. The number of rotatable bonds is 10. The van der Waals surface area contributed by atoms with Gasteiger partial charge in [0.25, 0.3) is 0 Å². The van der Waals surface area contributed by atoms with Gasteiger partial charge in [-0.3, -0.25) is 4.79 Å². The van der Waals surface area contributed by atoms with E-state index in [9.17, 15) is 4.79 Å². The predicted octanol–water partition coefficient (Wildman–Crippen LogP) is 3.10. The molecule has 0 aromatic carbocycles. The molecule has 1 atom stereocenters. The first-order valence-electron chi connectivity index (χ1n) is 6.14. The highest BCUT2D eigenvalue weighted by Gasteiger charge is 2.26. The van der Waals surface area contributed by atoms with Crippen molar-refractivity contribution in [2.24, 2.45) is 5.73 Å². The SMILES string of the molecule is C=CCCCCCCCC[C@@](C)(N)C(=O)O. The van der Waals surface area contributed by atoms with Crippen LogP contribution in [0.3, 0.4) is 0 Å². The van der Waals surface area contributed by atoms with Gasteiger partial charge in [-0.05, 0) is 26.2 Å². The number of hydrogen-bond donors (Lipinski definition) is 2. The molecule has 0 aliphatic rings. The fourth-order valence-electron chi connectivity index (χ4n) is 1.59. The lowest BCUT2D eigenvalue weighted by atomic mass is 9.95. The highest BCUT2D eigenvalue weighted by Crippen LogP contribution is 2.14. The summed E-state index contributed by atoms with van der Waals surface area (Å²) in [5, 5.41) is 8.81. The largest absolute Gasteiger partial charge is 0.480 e. The standard InChI is InChI=1S/C13H25NO2/c1-3-4-5-6-7-8-9-10-11-13(2,14)12(15)16/h3H,1,4-11,14H2,2H3,(H,15,16)/t13-/m1/s1. The van der Waals surface area contributed by atoms with Crippen molar-refractivity contribution in [1.29, 1.82) is 0 Å². The van der Waals surface area contributed by atoms with Crippen molar-refractivity contribution in [2.45, 2.75) is 63.8 Å². The van der Waals surface area contributed by atoms with Crippen LogP contribution in [-0.4, -0.2) is 16.6 Å². The molecule has 0 heterocycles. The molecule has 3 N–H and O–H groups in total. The summed E-state index contributed by atoms with van der Waals surface area (Å²) in [6.07, 6.45) is 10.4. The molecule has 0 aliphatic heterocycles. The molecule has 0 aliphatic carbocycles. The fourth-order valence-corrected chi connectivity index (χ4v) is 1.59. The number of unbranched alkanes of at least 4 members (excludes halogenated alkanes) is 6. The van der Waals surface area contributed by atoms with Gasteiger partial charge in [0.2, 0.25) is 0 Å². The van der Waals surface area contributed by atoms with Gasteiger partial charge in [0.05, 0.1) is 0 Å². The van der Waals surface area contributed by atoms with E-state index < -0.39 is 11.5 Å². The van der Waals surface area contributed by atoms with Crippen LogP contribution in [0.5, 0.6) is 0 Å². The monoisotopic (exact) mass is 227 g/mol. The zero-order valence-corrected chi connectivity index (χ0v) is 10.4. The van der Waals surface area contributed by atoms with Crippen molar-refractivity contribution in [3.05, 3.63) is 12.7 Å². The quantitative estimate of drug-likeness (QED) is 0.445. The maximum Gasteiger partial charge on any atom is 0.323 e. The Balaban J connectivity index is 3.33. The van der Waals surface area contributed by atoms with Gasteiger partial charge < -0.3 is 10.8 Å². The van der Waals surface area contributed by atoms with Crippen LogP contribution in [0.4, 0.5) is 0 Å². The van der Waals surface area contributed by atoms with Gasteiger partial charge in [-0.15, -0.1) is 6.58 Å². The van der Waals surface area contributed by atoms with Crippen LogP contribution in [0.25, 0.3) is 0 Å². The number of carboxylic acid groups (broad SMARTS) is 1. The maximum atomic E-state index is 10.7. The zero-order chi connectivity index (χ0) is 12.4. The second-order valence-corrected chi connectivity index (χ2v) is 4.67. The number of carbonyl (C=O) groups is 1. The van der Waals surface area contributed by atoms with Gasteiger partial charge in [-0.25, -0.2) is 0 Å². The van der Waals surface area contributed by atoms with Gasteiger partial charge in [0.1, 0.15) is 5.54 Å². The zero-order valence-electron chi connectivity index (χ0n) is 10.4. The number of carboxylic acids is 1. The molecular formula is C13H25NO2. The molecule has 0 fully saturated rings. The van der Waals surface area contributed by atoms with E-state index in [0.717, 1.165) is 19.3 Å². The molecule has 0 rings (SSSR count). The van der Waals surface area contributed by atoms with Gasteiger partial charge in [0.15, 0.2) is 0 Å². The summed E-state index contributed by atoms with van der Waals surface area (Å²) in [7, 11) is 0. The van der Waals surface area contributed by atoms with Gasteiger partial charge in [-0.1, -0.05) is 38.2 Å². The average Bonchev–Trinajstić information content (AvgIpc) is 2.21. The van der Waals surface area contributed by atoms with E-state index >= 15 is 0 Å². The van der Waals surface area contributed by atoms with E-state index in [1.165, 1.54) is 25.7 Å². The molecule has 0 bridgehead atoms. The molecule has 0 amide bonds. The van der Waals surface area contributed by atoms with E-state index in [1.54, 1.807) is 6.92 Å². The van der Waals surface area contributed by atoms with Crippen molar-refractivity contribution in [2.75, 3.05) is 0 Å². The van der Waals surface area contributed by atoms with Gasteiger partial charge in [0, 0.05) is 0 Å². The summed E-state index contributed by atoms with van der Waals surface area (Å²) >= 11 is 0. The highest BCUT2D eigenvalue weighted by atomic mass is 16.4. The Morgan fingerprint density at radius 1 is 1.25 bits per heavy atom. The van der Waals surface area contributed by atoms with Crippen molar-refractivity contribution < 1.29 is 9.90 Å². The van der Waals surface area contributed by atoms with Crippen LogP contribution in [0.15, 0.2) is 12.7 Å². The van der Waals surface area contributed by atoms with Crippen LogP contribution in [-0.2, 0) is 4.79 Å². The fraction of sp³-hybridized carbons (Fsp3) is 0.769. The third-order valence-electron chi connectivity index (χ3n) is 2.84. The van der Waals surface area contributed by atoms with Gasteiger partial charge in [-0.2, -0.15) is 0 Å². The molecule has 0 aromatic rings. The Morgan fingerprint density at radius 3 is 2.25 bits per heavy atom. The summed E-state index contributed by atoms with van der Waals surface area (Å²) in [5.41, 5.74) is 4.58. The van der Waals surface area contributed by atoms with Crippen molar-refractivity contribution in [1.82, 2.24) is 0 Å². The average molecular weight is 227 g/mol. The van der Waals surface area contributed by atoms with E-state index in [2.05, 4.69) is 6.58 Å². The van der Waals surface area contributed by atoms with Crippen molar-refractivity contribution in [3.8, 4) is 0 Å². The molecule has 16 heavy (non-hydrogen) atoms. The van der Waals surface area contributed by atoms with Gasteiger partial charge >= 0.3 is 5.97 Å². The molecule has 0 saturated carbocycles. The number of hydrogen-bond acceptors (Lipinski definition) is 2. The Morgan fingerprint density at radius 2 is 1.75 bits per heavy atom. The second kappa shape index (κ2) is 8.34. The smallest absolute Gasteiger partial charge is 0.323 e. The lowest BCUT2D eigenvalue weighted by molar-refractivity contribution is -0.142. The minimum absolute atomic E-state index is 0.564. The molecule has 0 saturated heterocycles. The second-order valence-electron chi connectivity index (χ2n) is 4.67. The van der Waals surface area contributed by atoms with Crippen LogP contribution in [0.1, 0.15) is 58.3 Å². The highest BCUT2D eigenvalue weighted by molar-refractivity contribution is 5.77. The lowest BCUT2D eigenvalue weighted by Crippen LogP contribution is -2.44. The number of nitrogens with two attached hydrogens (primary N) is 1. The third kappa shape index (κ3) is 7.46. The van der Waals surface area contributed by atoms with E-state index in [-0.39, 0.29) is 0 Å². The van der Waals surface area contributed by atoms with E-state index in [0.29, 0.717) is 6.42 Å². The summed E-state index contributed by atoms with van der Waals surface area (Å²) in [5.74, 6) is -0.904. The minimum atomic E-state index is -1.05. The summed E-state index contributed by atoms with van der Waals surface area (Å²) in [4.78, 5) is 10.7. The van der Waals surface area contributed by atoms with E-state index in [4.69, 9.17) is 10.8 Å². The predicted molar refractivity (Wildman–Crippen MR) is 67.4 cm³/mol. The summed E-state index contributed by atoms with van der Waals surface area (Å²) in [6.45, 7) is 5.26. The summed E-state index contributed by atoms with van der Waals surface area (Å²) < 4.78 is 0. The molecular weight excluding hydrogens is 202 g/mol. The molecule has 0 spiro atoms.